The number of hydrogen-bond donors (Lipinski definition) is 2. The van der Waals surface area contributed by atoms with Crippen molar-refractivity contribution in [3.8, 4) is 0 Å². The topological polar surface area (TPSA) is 20.2 Å². The lowest BCUT2D eigenvalue weighted by Crippen LogP contribution is -1.86. The maximum Gasteiger partial charge on any atom is 0.222 e. The van der Waals surface area contributed by atoms with Gasteiger partial charge >= 0.3 is 0 Å². The molecule has 1 nitrogen and oxygen atoms in total. The van der Waals surface area contributed by atoms with Gasteiger partial charge in [0.1, 0.15) is 0 Å². The van der Waals surface area contributed by atoms with Crippen LogP contribution in [-0.2, 0) is 30.4 Å². The van der Waals surface area contributed by atoms with Crippen LogP contribution in [0.3, 0.4) is 0 Å². The second-order valence-electron chi connectivity index (χ2n) is 0.540. The van der Waals surface area contributed by atoms with Crippen LogP contribution in [0, 0.1) is 0 Å². The van der Waals surface area contributed by atoms with E-state index in [9.17, 15) is 0 Å². The molecule has 0 aliphatic heterocycles. The first-order valence-corrected chi connectivity index (χ1v) is 4.79. The summed E-state index contributed by atoms with van der Waals surface area (Å²) in [7, 11) is -1.21. The van der Waals surface area contributed by atoms with E-state index in [2.05, 4.69) is 34.6 Å². The molecule has 1 N–H and O–H groups in total. The molecular weight excluding hydrogens is 156 g/mol. The largest absolute Gasteiger partial charge is 0.494 e. The first kappa shape index (κ1) is 6.68. The van der Waals surface area contributed by atoms with Gasteiger partial charge in [-0.3, -0.25) is 0 Å². The highest BCUT2D eigenvalue weighted by Gasteiger charge is 1.76. The van der Waals surface area contributed by atoms with E-state index in [1.54, 1.807) is 0 Å². The molecule has 0 spiro atoms. The molecule has 0 radical (unpaired) electrons. The molecule has 0 aromatic carbocycles. The van der Waals surface area contributed by atoms with Gasteiger partial charge in [0.05, 0.1) is 0 Å². The molecular formula is CH2OS4. The van der Waals surface area contributed by atoms with Crippen LogP contribution < -0.4 is 0 Å². The summed E-state index contributed by atoms with van der Waals surface area (Å²) in [6.45, 7) is 0. The lowest BCUT2D eigenvalue weighted by Gasteiger charge is -1.75. The van der Waals surface area contributed by atoms with E-state index < -0.39 is 8.01 Å². The summed E-state index contributed by atoms with van der Waals surface area (Å²) in [5, 5.41) is 8.18. The van der Waals surface area contributed by atoms with Gasteiger partial charge < -0.3 is 5.11 Å². The first-order chi connectivity index (χ1) is 2.64. The Morgan fingerprint density at radius 1 is 1.50 bits per heavy atom. The number of hydrogen-bond acceptors (Lipinski definition) is 3. The molecule has 0 aromatic heterocycles. The highest BCUT2D eigenvalue weighted by atomic mass is 33.1. The predicted octanol–water partition coefficient (Wildman–Crippen LogP) is 0.104. The van der Waals surface area contributed by atoms with E-state index in [0.29, 0.717) is 0 Å². The zero-order valence-corrected chi connectivity index (χ0v) is 5.96. The summed E-state index contributed by atoms with van der Waals surface area (Å²) in [5.41, 5.74) is 0. The van der Waals surface area contributed by atoms with Crippen LogP contribution in [0.1, 0.15) is 0 Å². The van der Waals surface area contributed by atoms with E-state index in [0.717, 1.165) is 0 Å². The second-order valence-corrected chi connectivity index (χ2v) is 5.05. The normalized spacial score (nSPS) is 8.83. The van der Waals surface area contributed by atoms with E-state index in [1.807, 2.05) is 0 Å². The van der Waals surface area contributed by atoms with Gasteiger partial charge in [-0.2, -0.15) is 0 Å². The lowest BCUT2D eigenvalue weighted by molar-refractivity contribution is 0.586. The molecule has 0 aromatic rings. The summed E-state index contributed by atoms with van der Waals surface area (Å²) in [6.07, 6.45) is 0. The van der Waals surface area contributed by atoms with E-state index in [1.165, 1.54) is 0 Å². The molecule has 0 fully saturated rings. The molecule has 0 amide bonds. The number of aliphatic hydroxyl groups excluding tert-OH is 1. The fourth-order valence-electron chi connectivity index (χ4n) is 0. The summed E-state index contributed by atoms with van der Waals surface area (Å²) in [5.74, 6) is 0. The van der Waals surface area contributed by atoms with Crippen molar-refractivity contribution in [2.75, 3.05) is 0 Å². The molecule has 0 saturated carbocycles. The number of rotatable bonds is 0. The maximum atomic E-state index is 8.18. The molecule has 0 aliphatic carbocycles. The van der Waals surface area contributed by atoms with Crippen LogP contribution in [0.25, 0.3) is 0 Å². The Balaban J connectivity index is 3.94. The van der Waals surface area contributed by atoms with Crippen LogP contribution in [0.15, 0.2) is 0 Å². The monoisotopic (exact) mass is 158 g/mol. The highest BCUT2D eigenvalue weighted by molar-refractivity contribution is 8.55. The van der Waals surface area contributed by atoms with E-state index in [-0.39, 0.29) is 4.38 Å². The minimum absolute atomic E-state index is 0.213. The third kappa shape index (κ3) is 2.89. The molecule has 0 rings (SSSR count). The van der Waals surface area contributed by atoms with Gasteiger partial charge in [-0.05, 0) is 42.6 Å². The van der Waals surface area contributed by atoms with Crippen molar-refractivity contribution in [3.05, 3.63) is 0 Å². The van der Waals surface area contributed by atoms with Gasteiger partial charge in [0.15, 0.2) is 0 Å². The van der Waals surface area contributed by atoms with Gasteiger partial charge in [-0.15, -0.1) is 0 Å². The predicted molar refractivity (Wildman–Crippen MR) is 38.7 cm³/mol. The Labute approximate surface area is 52.2 Å². The minimum atomic E-state index is -1.21. The Kier molecular flexibility index (Phi) is 3.10. The van der Waals surface area contributed by atoms with Crippen molar-refractivity contribution in [1.29, 1.82) is 0 Å². The summed E-state index contributed by atoms with van der Waals surface area (Å²) in [4.78, 5) is 0. The van der Waals surface area contributed by atoms with Crippen molar-refractivity contribution in [2.45, 2.75) is 0 Å². The zero-order valence-electron chi connectivity index (χ0n) is 2.62. The average molecular weight is 158 g/mol. The molecule has 0 saturated heterocycles. The van der Waals surface area contributed by atoms with Crippen LogP contribution >= 0.6 is 12.2 Å². The zero-order chi connectivity index (χ0) is 5.15. The summed E-state index contributed by atoms with van der Waals surface area (Å²) in [6, 6.07) is 0. The van der Waals surface area contributed by atoms with E-state index in [4.69, 9.17) is 5.11 Å². The van der Waals surface area contributed by atoms with Crippen molar-refractivity contribution in [3.63, 3.8) is 0 Å². The van der Waals surface area contributed by atoms with Crippen LogP contribution in [0.2, 0.25) is 0 Å². The van der Waals surface area contributed by atoms with Gasteiger partial charge in [-0.25, -0.2) is 0 Å². The lowest BCUT2D eigenvalue weighted by atomic mass is 11.7. The van der Waals surface area contributed by atoms with E-state index >= 15 is 0 Å². The van der Waals surface area contributed by atoms with Crippen LogP contribution in [0.4, 0.5) is 0 Å². The first-order valence-electron chi connectivity index (χ1n) is 1.02. The summed E-state index contributed by atoms with van der Waals surface area (Å²) >= 11 is 13.0. The number of thiocarbonyl (C=S) groups is 1. The van der Waals surface area contributed by atoms with Gasteiger partial charge in [0, 0.05) is 0 Å². The fourth-order valence-corrected chi connectivity index (χ4v) is 0. The van der Waals surface area contributed by atoms with Crippen molar-refractivity contribution in [1.82, 2.24) is 0 Å². The fraction of sp³-hybridized carbons (Fsp3) is 0. The smallest absolute Gasteiger partial charge is 0.222 e. The second kappa shape index (κ2) is 2.79. The minimum Gasteiger partial charge on any atom is -0.494 e. The molecule has 0 heterocycles. The molecule has 0 bridgehead atoms. The molecule has 36 valence electrons. The molecule has 0 atom stereocenters. The van der Waals surface area contributed by atoms with Gasteiger partial charge in [0.2, 0.25) is 4.38 Å². The quantitative estimate of drug-likeness (QED) is 0.385. The van der Waals surface area contributed by atoms with Crippen molar-refractivity contribution in [2.24, 2.45) is 0 Å². The van der Waals surface area contributed by atoms with Gasteiger partial charge in [-0.1, -0.05) is 0 Å². The Bertz CT molecular complexity index is 114. The number of thiol groups is 1. The number of aliphatic hydroxyl groups is 1. The maximum absolute atomic E-state index is 8.18. The highest BCUT2D eigenvalue weighted by Crippen LogP contribution is 1.67. The Morgan fingerprint density at radius 3 is 1.67 bits per heavy atom. The van der Waals surface area contributed by atoms with Crippen molar-refractivity contribution < 1.29 is 5.11 Å². The van der Waals surface area contributed by atoms with Crippen molar-refractivity contribution >= 4 is 47.0 Å². The summed E-state index contributed by atoms with van der Waals surface area (Å²) < 4.78 is -0.213. The molecule has 0 aliphatic rings. The molecule has 0 unspecified atom stereocenters. The third-order valence-electron chi connectivity index (χ3n) is 0.156. The molecule has 5 heteroatoms. The Hall–Kier alpha value is 0.680. The van der Waals surface area contributed by atoms with Crippen LogP contribution in [0.5, 0.6) is 0 Å². The SMILES string of the molecule is OC(=S)[SH](=S)=S. The standard InChI is InChI=1S/CH2OS4/c2-1(3)6(4)5/h6H,(H,2,3). The molecule has 6 heavy (non-hydrogen) atoms. The van der Waals surface area contributed by atoms with Crippen LogP contribution in [-0.4, -0.2) is 9.49 Å². The Morgan fingerprint density at radius 2 is 1.67 bits per heavy atom. The third-order valence-corrected chi connectivity index (χ3v) is 2.75. The average Bonchev–Trinajstić information content (AvgIpc) is 1.36. The van der Waals surface area contributed by atoms with Gasteiger partial charge in [0.25, 0.3) is 0 Å².